The molecule has 0 aliphatic carbocycles. The van der Waals surface area contributed by atoms with Gasteiger partial charge >= 0.3 is 0 Å². The van der Waals surface area contributed by atoms with Crippen LogP contribution in [-0.4, -0.2) is 10.5 Å². The number of fused-ring (bicyclic) bond motifs is 1. The van der Waals surface area contributed by atoms with Crippen molar-refractivity contribution in [1.29, 1.82) is 0 Å². The quantitative estimate of drug-likeness (QED) is 0.533. The van der Waals surface area contributed by atoms with Gasteiger partial charge in [-0.05, 0) is 29.8 Å². The van der Waals surface area contributed by atoms with Crippen molar-refractivity contribution in [1.82, 2.24) is 4.57 Å². The maximum absolute atomic E-state index is 12.9. The van der Waals surface area contributed by atoms with Crippen LogP contribution >= 0.6 is 0 Å². The first-order valence-corrected chi connectivity index (χ1v) is 8.19. The maximum Gasteiger partial charge on any atom is 0.262 e. The van der Waals surface area contributed by atoms with E-state index >= 15 is 0 Å². The van der Waals surface area contributed by atoms with E-state index in [0.29, 0.717) is 17.9 Å². The Bertz CT molecular complexity index is 1000. The highest BCUT2D eigenvalue weighted by molar-refractivity contribution is 6.03. The zero-order chi connectivity index (χ0) is 17.1. The van der Waals surface area contributed by atoms with Crippen molar-refractivity contribution < 1.29 is 9.53 Å². The van der Waals surface area contributed by atoms with Crippen molar-refractivity contribution >= 4 is 16.8 Å². The molecule has 3 heteroatoms. The third-order valence-corrected chi connectivity index (χ3v) is 4.15. The van der Waals surface area contributed by atoms with Gasteiger partial charge in [0, 0.05) is 17.1 Å². The largest absolute Gasteiger partial charge is 0.487 e. The molecule has 3 nitrogen and oxygen atoms in total. The highest BCUT2D eigenvalue weighted by Gasteiger charge is 2.14. The summed E-state index contributed by atoms with van der Waals surface area (Å²) in [6, 6.07) is 27.0. The van der Waals surface area contributed by atoms with Crippen molar-refractivity contribution in [2.24, 2.45) is 0 Å². The summed E-state index contributed by atoms with van der Waals surface area (Å²) in [5, 5.41) is 0.981. The number of carbonyl (C=O) groups excluding carboxylic acids is 1. The number of aromatic nitrogens is 1. The second-order valence-corrected chi connectivity index (χ2v) is 5.83. The number of ether oxygens (including phenoxy) is 1. The molecule has 0 aliphatic rings. The monoisotopic (exact) mass is 327 g/mol. The fraction of sp³-hybridized carbons (Fsp3) is 0.0455. The summed E-state index contributed by atoms with van der Waals surface area (Å²) in [5.41, 5.74) is 2.54. The van der Waals surface area contributed by atoms with Crippen molar-refractivity contribution in [3.63, 3.8) is 0 Å². The first-order valence-electron chi connectivity index (χ1n) is 8.19. The molecule has 1 aromatic heterocycles. The molecule has 4 aromatic rings. The molecule has 0 N–H and O–H groups in total. The Morgan fingerprint density at radius 2 is 1.52 bits per heavy atom. The van der Waals surface area contributed by atoms with E-state index in [1.165, 1.54) is 0 Å². The lowest BCUT2D eigenvalue weighted by atomic mass is 10.2. The number of nitrogens with zero attached hydrogens (tertiary/aromatic N) is 1. The lowest BCUT2D eigenvalue weighted by Crippen LogP contribution is -2.11. The predicted molar refractivity (Wildman–Crippen MR) is 98.9 cm³/mol. The molecule has 0 aliphatic heterocycles. The number of para-hydroxylation sites is 1. The van der Waals surface area contributed by atoms with Gasteiger partial charge in [-0.1, -0.05) is 60.7 Å². The minimum absolute atomic E-state index is 0.0636. The van der Waals surface area contributed by atoms with E-state index in [-0.39, 0.29) is 5.91 Å². The topological polar surface area (TPSA) is 31.2 Å². The molecule has 0 atom stereocenters. The molecular formula is C22H17NO2. The van der Waals surface area contributed by atoms with Gasteiger partial charge in [0.05, 0.1) is 5.52 Å². The minimum Gasteiger partial charge on any atom is -0.487 e. The summed E-state index contributed by atoms with van der Waals surface area (Å²) in [6.45, 7) is 0.463. The van der Waals surface area contributed by atoms with Crippen LogP contribution in [0.2, 0.25) is 0 Å². The first-order chi connectivity index (χ1) is 12.3. The van der Waals surface area contributed by atoms with Crippen LogP contribution in [-0.2, 0) is 6.61 Å². The minimum atomic E-state index is -0.0636. The maximum atomic E-state index is 12.9. The molecule has 1 heterocycles. The summed E-state index contributed by atoms with van der Waals surface area (Å²) in [7, 11) is 0. The number of carbonyl (C=O) groups is 1. The molecule has 122 valence electrons. The van der Waals surface area contributed by atoms with E-state index in [2.05, 4.69) is 0 Å². The van der Waals surface area contributed by atoms with Gasteiger partial charge in [-0.2, -0.15) is 0 Å². The molecule has 0 saturated heterocycles. The molecule has 0 saturated carbocycles. The van der Waals surface area contributed by atoms with Gasteiger partial charge < -0.3 is 4.74 Å². The van der Waals surface area contributed by atoms with E-state index in [4.69, 9.17) is 4.74 Å². The molecular weight excluding hydrogens is 310 g/mol. The third-order valence-electron chi connectivity index (χ3n) is 4.15. The second-order valence-electron chi connectivity index (χ2n) is 5.83. The summed E-state index contributed by atoms with van der Waals surface area (Å²) >= 11 is 0. The Labute approximate surface area is 146 Å². The van der Waals surface area contributed by atoms with Crippen LogP contribution < -0.4 is 4.74 Å². The van der Waals surface area contributed by atoms with Gasteiger partial charge in [0.1, 0.15) is 12.4 Å². The predicted octanol–water partition coefficient (Wildman–Crippen LogP) is 4.91. The van der Waals surface area contributed by atoms with Crippen molar-refractivity contribution in [3.05, 3.63) is 102 Å². The summed E-state index contributed by atoms with van der Waals surface area (Å²) in [6.07, 6.45) is 1.80. The van der Waals surface area contributed by atoms with Gasteiger partial charge in [0.2, 0.25) is 0 Å². The highest BCUT2D eigenvalue weighted by Crippen LogP contribution is 2.28. The van der Waals surface area contributed by atoms with Crippen LogP contribution in [0.5, 0.6) is 5.75 Å². The zero-order valence-corrected chi connectivity index (χ0v) is 13.6. The van der Waals surface area contributed by atoms with Gasteiger partial charge in [0.25, 0.3) is 5.91 Å². The zero-order valence-electron chi connectivity index (χ0n) is 13.6. The standard InChI is InChI=1S/C22H17NO2/c24-22(19-10-5-2-6-11-19)23-15-14-18-12-7-13-20(21(18)23)25-16-17-8-3-1-4-9-17/h1-15H,16H2. The smallest absolute Gasteiger partial charge is 0.262 e. The van der Waals surface area contributed by atoms with E-state index in [9.17, 15) is 4.79 Å². The van der Waals surface area contributed by atoms with Crippen LogP contribution in [0.4, 0.5) is 0 Å². The number of hydrogen-bond acceptors (Lipinski definition) is 2. The van der Waals surface area contributed by atoms with E-state index in [0.717, 1.165) is 16.5 Å². The molecule has 3 aromatic carbocycles. The highest BCUT2D eigenvalue weighted by atomic mass is 16.5. The van der Waals surface area contributed by atoms with Crippen LogP contribution in [0.3, 0.4) is 0 Å². The van der Waals surface area contributed by atoms with Crippen molar-refractivity contribution in [3.8, 4) is 5.75 Å². The lowest BCUT2D eigenvalue weighted by molar-refractivity contribution is 0.0964. The molecule has 0 amide bonds. The number of benzene rings is 3. The van der Waals surface area contributed by atoms with E-state index in [1.54, 1.807) is 10.8 Å². The van der Waals surface area contributed by atoms with Gasteiger partial charge in [-0.25, -0.2) is 0 Å². The van der Waals surface area contributed by atoms with Crippen LogP contribution in [0.15, 0.2) is 91.1 Å². The van der Waals surface area contributed by atoms with Gasteiger partial charge in [-0.15, -0.1) is 0 Å². The number of rotatable bonds is 4. The SMILES string of the molecule is O=C(c1ccccc1)n1ccc2cccc(OCc3ccccc3)c21. The van der Waals surface area contributed by atoms with Crippen LogP contribution in [0.1, 0.15) is 15.9 Å². The van der Waals surface area contributed by atoms with Gasteiger partial charge in [0.15, 0.2) is 0 Å². The van der Waals surface area contributed by atoms with E-state index in [1.807, 2.05) is 84.9 Å². The Balaban J connectivity index is 1.71. The average molecular weight is 327 g/mol. The first kappa shape index (κ1) is 15.2. The van der Waals surface area contributed by atoms with Crippen LogP contribution in [0, 0.1) is 0 Å². The fourth-order valence-electron chi connectivity index (χ4n) is 2.90. The molecule has 0 spiro atoms. The van der Waals surface area contributed by atoms with Crippen molar-refractivity contribution in [2.45, 2.75) is 6.61 Å². The molecule has 0 radical (unpaired) electrons. The van der Waals surface area contributed by atoms with Crippen LogP contribution in [0.25, 0.3) is 10.9 Å². The molecule has 0 bridgehead atoms. The van der Waals surface area contributed by atoms with Gasteiger partial charge in [-0.3, -0.25) is 9.36 Å². The third kappa shape index (κ3) is 3.04. The molecule has 0 unspecified atom stereocenters. The Morgan fingerprint density at radius 1 is 0.800 bits per heavy atom. The number of hydrogen-bond donors (Lipinski definition) is 0. The Kier molecular flexibility index (Phi) is 4.05. The fourth-order valence-corrected chi connectivity index (χ4v) is 2.90. The molecule has 4 rings (SSSR count). The van der Waals surface area contributed by atoms with E-state index < -0.39 is 0 Å². The average Bonchev–Trinajstić information content (AvgIpc) is 3.12. The summed E-state index contributed by atoms with van der Waals surface area (Å²) < 4.78 is 7.68. The second kappa shape index (κ2) is 6.65. The Hall–Kier alpha value is -3.33. The van der Waals surface area contributed by atoms with Crippen molar-refractivity contribution in [2.75, 3.05) is 0 Å². The normalized spacial score (nSPS) is 10.7. The molecule has 0 fully saturated rings. The summed E-state index contributed by atoms with van der Waals surface area (Å²) in [4.78, 5) is 12.9. The summed E-state index contributed by atoms with van der Waals surface area (Å²) in [5.74, 6) is 0.641. The molecule has 25 heavy (non-hydrogen) atoms. The Morgan fingerprint density at radius 3 is 2.28 bits per heavy atom. The lowest BCUT2D eigenvalue weighted by Gasteiger charge is -2.11.